The minimum absolute atomic E-state index is 0. The van der Waals surface area contributed by atoms with Gasteiger partial charge < -0.3 is 9.64 Å². The molecule has 0 aliphatic heterocycles. The number of ether oxygens (including phenoxy) is 1. The second kappa shape index (κ2) is 10.7. The first-order valence-corrected chi connectivity index (χ1v) is 10.6. The number of thiazole rings is 1. The molecule has 0 atom stereocenters. The number of fused-ring (bicyclic) bond motifs is 1. The fourth-order valence-electron chi connectivity index (χ4n) is 3.18. The maximum atomic E-state index is 13.4. The van der Waals surface area contributed by atoms with Gasteiger partial charge in [-0.1, -0.05) is 17.4 Å². The van der Waals surface area contributed by atoms with Crippen molar-refractivity contribution in [3.05, 3.63) is 58.7 Å². The minimum Gasteiger partial charge on any atom is -0.465 e. The zero-order chi connectivity index (χ0) is 21.8. The summed E-state index contributed by atoms with van der Waals surface area (Å²) >= 11 is 1.53. The first-order chi connectivity index (χ1) is 14.3. The molecule has 0 spiro atoms. The molecule has 3 rings (SSSR count). The molecular formula is C23H28ClN3O3S. The van der Waals surface area contributed by atoms with Crippen molar-refractivity contribution in [2.24, 2.45) is 0 Å². The average Bonchev–Trinajstić information content (AvgIpc) is 3.17. The Labute approximate surface area is 193 Å². The summed E-state index contributed by atoms with van der Waals surface area (Å²) < 4.78 is 5.81. The Kier molecular flexibility index (Phi) is 8.56. The molecule has 0 N–H and O–H groups in total. The fraction of sp³-hybridized carbons (Fsp3) is 0.348. The standard InChI is InChI=1S/C23H27N3O3S.ClH/c1-15-7-12-19-20(16(15)2)24-23(30-19)26(14-6-13-25(3)4)21(27)17-8-10-18(11-9-17)22(28)29-5;/h7-12H,6,13-14H2,1-5H3;1H. The summed E-state index contributed by atoms with van der Waals surface area (Å²) in [5.41, 5.74) is 4.20. The topological polar surface area (TPSA) is 62.7 Å². The Balaban J connectivity index is 0.00000341. The molecule has 0 bridgehead atoms. The van der Waals surface area contributed by atoms with Crippen LogP contribution in [0, 0.1) is 13.8 Å². The molecule has 0 aliphatic carbocycles. The summed E-state index contributed by atoms with van der Waals surface area (Å²) in [6.07, 6.45) is 0.826. The molecule has 31 heavy (non-hydrogen) atoms. The van der Waals surface area contributed by atoms with Gasteiger partial charge in [-0.2, -0.15) is 0 Å². The van der Waals surface area contributed by atoms with Crippen LogP contribution in [0.25, 0.3) is 10.2 Å². The van der Waals surface area contributed by atoms with Gasteiger partial charge in [-0.05, 0) is 82.4 Å². The number of carbonyl (C=O) groups excluding carboxylic acids is 2. The van der Waals surface area contributed by atoms with Crippen LogP contribution in [0.1, 0.15) is 38.3 Å². The highest BCUT2D eigenvalue weighted by molar-refractivity contribution is 7.22. The van der Waals surface area contributed by atoms with E-state index < -0.39 is 5.97 Å². The molecule has 0 saturated heterocycles. The van der Waals surface area contributed by atoms with Crippen LogP contribution in [0.2, 0.25) is 0 Å². The van der Waals surface area contributed by atoms with E-state index in [1.54, 1.807) is 29.2 Å². The molecule has 3 aromatic rings. The second-order valence-corrected chi connectivity index (χ2v) is 8.54. The maximum Gasteiger partial charge on any atom is 0.337 e. The van der Waals surface area contributed by atoms with Gasteiger partial charge in [-0.15, -0.1) is 12.4 Å². The molecule has 6 nitrogen and oxygen atoms in total. The monoisotopic (exact) mass is 461 g/mol. The van der Waals surface area contributed by atoms with Crippen LogP contribution in [-0.2, 0) is 4.74 Å². The van der Waals surface area contributed by atoms with Crippen LogP contribution >= 0.6 is 23.7 Å². The van der Waals surface area contributed by atoms with E-state index in [1.165, 1.54) is 24.0 Å². The highest BCUT2D eigenvalue weighted by atomic mass is 35.5. The van der Waals surface area contributed by atoms with Gasteiger partial charge in [0, 0.05) is 12.1 Å². The van der Waals surface area contributed by atoms with E-state index in [0.717, 1.165) is 28.7 Å². The van der Waals surface area contributed by atoms with Gasteiger partial charge in [0.2, 0.25) is 0 Å². The third-order valence-corrected chi connectivity index (χ3v) is 6.13. The van der Waals surface area contributed by atoms with E-state index in [1.807, 2.05) is 14.1 Å². The van der Waals surface area contributed by atoms with Crippen molar-refractivity contribution in [3.8, 4) is 0 Å². The molecule has 0 aliphatic rings. The third-order valence-electron chi connectivity index (χ3n) is 5.09. The van der Waals surface area contributed by atoms with Gasteiger partial charge in [0.1, 0.15) is 0 Å². The number of nitrogens with zero attached hydrogens (tertiary/aromatic N) is 3. The largest absolute Gasteiger partial charge is 0.465 e. The number of rotatable bonds is 7. The highest BCUT2D eigenvalue weighted by Gasteiger charge is 2.22. The molecule has 0 unspecified atom stereocenters. The van der Waals surface area contributed by atoms with E-state index in [-0.39, 0.29) is 18.3 Å². The Morgan fingerprint density at radius 2 is 1.65 bits per heavy atom. The van der Waals surface area contributed by atoms with Gasteiger partial charge in [0.25, 0.3) is 5.91 Å². The number of benzene rings is 2. The van der Waals surface area contributed by atoms with Gasteiger partial charge in [0.15, 0.2) is 5.13 Å². The zero-order valence-corrected chi connectivity index (χ0v) is 20.1. The highest BCUT2D eigenvalue weighted by Crippen LogP contribution is 2.32. The predicted molar refractivity (Wildman–Crippen MR) is 129 cm³/mol. The van der Waals surface area contributed by atoms with Gasteiger partial charge in [0.05, 0.1) is 22.9 Å². The van der Waals surface area contributed by atoms with Crippen LogP contribution in [0.4, 0.5) is 5.13 Å². The predicted octanol–water partition coefficient (Wildman–Crippen LogP) is 4.72. The minimum atomic E-state index is -0.422. The number of aromatic nitrogens is 1. The quantitative estimate of drug-likeness (QED) is 0.476. The summed E-state index contributed by atoms with van der Waals surface area (Å²) in [7, 11) is 5.37. The summed E-state index contributed by atoms with van der Waals surface area (Å²) in [5, 5.41) is 0.694. The van der Waals surface area contributed by atoms with Crippen LogP contribution < -0.4 is 4.90 Å². The molecule has 1 amide bonds. The number of hydrogen-bond donors (Lipinski definition) is 0. The van der Waals surface area contributed by atoms with Gasteiger partial charge in [-0.25, -0.2) is 9.78 Å². The Morgan fingerprint density at radius 3 is 2.26 bits per heavy atom. The van der Waals surface area contributed by atoms with E-state index in [9.17, 15) is 9.59 Å². The lowest BCUT2D eigenvalue weighted by molar-refractivity contribution is 0.0600. The Bertz CT molecular complexity index is 1060. The van der Waals surface area contributed by atoms with Crippen molar-refractivity contribution in [2.45, 2.75) is 20.3 Å². The zero-order valence-electron chi connectivity index (χ0n) is 18.5. The normalized spacial score (nSPS) is 10.8. The van der Waals surface area contributed by atoms with E-state index in [0.29, 0.717) is 22.8 Å². The molecule has 2 aromatic carbocycles. The van der Waals surface area contributed by atoms with Crippen LogP contribution in [0.3, 0.4) is 0 Å². The summed E-state index contributed by atoms with van der Waals surface area (Å²) in [5.74, 6) is -0.549. The van der Waals surface area contributed by atoms with Crippen LogP contribution in [0.15, 0.2) is 36.4 Å². The summed E-state index contributed by atoms with van der Waals surface area (Å²) in [6.45, 7) is 5.56. The second-order valence-electron chi connectivity index (χ2n) is 7.53. The third kappa shape index (κ3) is 5.61. The number of anilines is 1. The SMILES string of the molecule is COC(=O)c1ccc(C(=O)N(CCCN(C)C)c2nc3c(C)c(C)ccc3s2)cc1.Cl. The first kappa shape index (κ1) is 24.8. The lowest BCUT2D eigenvalue weighted by Crippen LogP contribution is -2.33. The number of aryl methyl sites for hydroxylation is 2. The van der Waals surface area contributed by atoms with Crippen molar-refractivity contribution >= 4 is 51.0 Å². The van der Waals surface area contributed by atoms with E-state index in [4.69, 9.17) is 9.72 Å². The number of halogens is 1. The van der Waals surface area contributed by atoms with E-state index >= 15 is 0 Å². The molecule has 0 fully saturated rings. The first-order valence-electron chi connectivity index (χ1n) is 9.83. The number of esters is 1. The fourth-order valence-corrected chi connectivity index (χ4v) is 4.23. The maximum absolute atomic E-state index is 13.4. The van der Waals surface area contributed by atoms with Crippen molar-refractivity contribution in [1.29, 1.82) is 0 Å². The molecular weight excluding hydrogens is 434 g/mol. The summed E-state index contributed by atoms with van der Waals surface area (Å²) in [6, 6.07) is 10.7. The number of methoxy groups -OCH3 is 1. The molecule has 1 aromatic heterocycles. The van der Waals surface area contributed by atoms with E-state index in [2.05, 4.69) is 30.9 Å². The molecule has 166 valence electrons. The molecule has 1 heterocycles. The number of carbonyl (C=O) groups is 2. The smallest absolute Gasteiger partial charge is 0.337 e. The molecule has 8 heteroatoms. The van der Waals surface area contributed by atoms with Gasteiger partial charge in [-0.3, -0.25) is 9.69 Å². The lowest BCUT2D eigenvalue weighted by Gasteiger charge is -2.21. The van der Waals surface area contributed by atoms with Crippen molar-refractivity contribution < 1.29 is 14.3 Å². The van der Waals surface area contributed by atoms with Crippen LogP contribution in [-0.4, -0.2) is 56.1 Å². The average molecular weight is 462 g/mol. The Hall–Kier alpha value is -2.48. The van der Waals surface area contributed by atoms with Crippen LogP contribution in [0.5, 0.6) is 0 Å². The Morgan fingerprint density at radius 1 is 1.00 bits per heavy atom. The van der Waals surface area contributed by atoms with Gasteiger partial charge >= 0.3 is 5.97 Å². The van der Waals surface area contributed by atoms with Crippen molar-refractivity contribution in [1.82, 2.24) is 9.88 Å². The lowest BCUT2D eigenvalue weighted by atomic mass is 10.1. The number of amides is 1. The molecule has 0 radical (unpaired) electrons. The van der Waals surface area contributed by atoms with Crippen molar-refractivity contribution in [2.75, 3.05) is 39.2 Å². The molecule has 0 saturated carbocycles. The number of hydrogen-bond acceptors (Lipinski definition) is 6. The summed E-state index contributed by atoms with van der Waals surface area (Å²) in [4.78, 5) is 33.7. The van der Waals surface area contributed by atoms with Crippen molar-refractivity contribution in [3.63, 3.8) is 0 Å².